The lowest BCUT2D eigenvalue weighted by Gasteiger charge is -2.10. The highest BCUT2D eigenvalue weighted by atomic mass is 32.2. The zero-order valence-corrected chi connectivity index (χ0v) is 13.7. The van der Waals surface area contributed by atoms with E-state index in [1.165, 1.54) is 18.2 Å². The molecule has 0 saturated carbocycles. The molecule has 0 amide bonds. The summed E-state index contributed by atoms with van der Waals surface area (Å²) >= 11 is 0. The van der Waals surface area contributed by atoms with Gasteiger partial charge in [-0.1, -0.05) is 6.07 Å². The van der Waals surface area contributed by atoms with E-state index >= 15 is 0 Å². The number of ether oxygens (including phenoxy) is 2. The Bertz CT molecular complexity index is 755. The molecule has 0 radical (unpaired) electrons. The molecule has 5 nitrogen and oxygen atoms in total. The van der Waals surface area contributed by atoms with Gasteiger partial charge in [-0.25, -0.2) is 17.5 Å². The molecule has 0 atom stereocenters. The molecule has 124 valence electrons. The van der Waals surface area contributed by atoms with Gasteiger partial charge in [0.1, 0.15) is 17.3 Å². The predicted molar refractivity (Wildman–Crippen MR) is 84.8 cm³/mol. The van der Waals surface area contributed by atoms with Gasteiger partial charge in [-0.15, -0.1) is 0 Å². The first-order chi connectivity index (χ1) is 10.9. The van der Waals surface area contributed by atoms with Crippen molar-refractivity contribution in [1.82, 2.24) is 4.72 Å². The van der Waals surface area contributed by atoms with Gasteiger partial charge in [0.15, 0.2) is 0 Å². The van der Waals surface area contributed by atoms with Crippen LogP contribution in [0.3, 0.4) is 0 Å². The van der Waals surface area contributed by atoms with Crippen molar-refractivity contribution in [2.24, 2.45) is 0 Å². The Morgan fingerprint density at radius 3 is 2.26 bits per heavy atom. The number of hydrogen-bond acceptors (Lipinski definition) is 4. The van der Waals surface area contributed by atoms with E-state index < -0.39 is 15.8 Å². The molecule has 0 heterocycles. The van der Waals surface area contributed by atoms with Crippen LogP contribution in [0.4, 0.5) is 4.39 Å². The fourth-order valence-corrected chi connectivity index (χ4v) is 3.12. The van der Waals surface area contributed by atoms with Gasteiger partial charge in [0.25, 0.3) is 0 Å². The molecule has 0 aromatic heterocycles. The number of halogens is 1. The largest absolute Gasteiger partial charge is 0.497 e. The first-order valence-electron chi connectivity index (χ1n) is 6.92. The van der Waals surface area contributed by atoms with Crippen molar-refractivity contribution in [1.29, 1.82) is 0 Å². The predicted octanol–water partition coefficient (Wildman–Crippen LogP) is 2.36. The summed E-state index contributed by atoms with van der Waals surface area (Å²) in [6.07, 6.45) is 0.447. The van der Waals surface area contributed by atoms with Gasteiger partial charge in [0, 0.05) is 12.6 Å². The lowest BCUT2D eigenvalue weighted by Crippen LogP contribution is -2.26. The van der Waals surface area contributed by atoms with E-state index in [-0.39, 0.29) is 11.4 Å². The maximum atomic E-state index is 13.1. The Labute approximate surface area is 135 Å². The number of hydrogen-bond donors (Lipinski definition) is 1. The Kier molecular flexibility index (Phi) is 5.57. The van der Waals surface area contributed by atoms with Gasteiger partial charge in [0.05, 0.1) is 19.1 Å². The topological polar surface area (TPSA) is 64.6 Å². The van der Waals surface area contributed by atoms with Gasteiger partial charge in [-0.3, -0.25) is 0 Å². The average molecular weight is 339 g/mol. The minimum atomic E-state index is -3.74. The first-order valence-corrected chi connectivity index (χ1v) is 8.40. The molecule has 0 saturated heterocycles. The molecule has 0 aliphatic carbocycles. The summed E-state index contributed by atoms with van der Waals surface area (Å²) in [6.45, 7) is 0.176. The molecule has 23 heavy (non-hydrogen) atoms. The van der Waals surface area contributed by atoms with Gasteiger partial charge in [-0.2, -0.15) is 0 Å². The van der Waals surface area contributed by atoms with Crippen LogP contribution in [-0.4, -0.2) is 29.2 Å². The highest BCUT2D eigenvalue weighted by Gasteiger charge is 2.14. The molecule has 2 aromatic rings. The van der Waals surface area contributed by atoms with Crippen molar-refractivity contribution in [3.8, 4) is 11.5 Å². The van der Waals surface area contributed by atoms with Gasteiger partial charge in [0.2, 0.25) is 10.0 Å². The van der Waals surface area contributed by atoms with Crippen LogP contribution >= 0.6 is 0 Å². The van der Waals surface area contributed by atoms with Crippen molar-refractivity contribution < 1.29 is 22.3 Å². The Morgan fingerprint density at radius 2 is 1.70 bits per heavy atom. The number of methoxy groups -OCH3 is 2. The maximum Gasteiger partial charge on any atom is 0.240 e. The van der Waals surface area contributed by atoms with Crippen molar-refractivity contribution in [2.75, 3.05) is 20.8 Å². The molecule has 2 aromatic carbocycles. The second kappa shape index (κ2) is 7.43. The smallest absolute Gasteiger partial charge is 0.240 e. The summed E-state index contributed by atoms with van der Waals surface area (Å²) in [6, 6.07) is 10.2. The number of sulfonamides is 1. The summed E-state index contributed by atoms with van der Waals surface area (Å²) in [5.41, 5.74) is 0.864. The monoisotopic (exact) mass is 339 g/mol. The fraction of sp³-hybridized carbons (Fsp3) is 0.250. The van der Waals surface area contributed by atoms with E-state index in [1.54, 1.807) is 32.4 Å². The van der Waals surface area contributed by atoms with Crippen LogP contribution in [0.15, 0.2) is 47.4 Å². The highest BCUT2D eigenvalue weighted by molar-refractivity contribution is 7.89. The van der Waals surface area contributed by atoms with E-state index in [4.69, 9.17) is 9.47 Å². The first kappa shape index (κ1) is 17.2. The van der Waals surface area contributed by atoms with Gasteiger partial charge in [-0.05, 0) is 42.3 Å². The minimum absolute atomic E-state index is 0.0966. The van der Waals surface area contributed by atoms with E-state index in [2.05, 4.69) is 4.72 Å². The molecular formula is C16H18FNO4S. The van der Waals surface area contributed by atoms with Crippen LogP contribution in [0, 0.1) is 5.82 Å². The molecule has 7 heteroatoms. The molecule has 2 rings (SSSR count). The molecule has 0 spiro atoms. The van der Waals surface area contributed by atoms with Gasteiger partial charge < -0.3 is 9.47 Å². The third-order valence-electron chi connectivity index (χ3n) is 3.22. The maximum absolute atomic E-state index is 13.1. The second-order valence-electron chi connectivity index (χ2n) is 4.83. The molecule has 0 fully saturated rings. The summed E-state index contributed by atoms with van der Waals surface area (Å²) in [4.78, 5) is -0.0966. The summed E-state index contributed by atoms with van der Waals surface area (Å²) in [5, 5.41) is 0. The lowest BCUT2D eigenvalue weighted by molar-refractivity contribution is 0.393. The van der Waals surface area contributed by atoms with Crippen LogP contribution < -0.4 is 14.2 Å². The van der Waals surface area contributed by atoms with E-state index in [0.717, 1.165) is 11.6 Å². The van der Waals surface area contributed by atoms with Crippen LogP contribution in [-0.2, 0) is 16.4 Å². The van der Waals surface area contributed by atoms with Crippen molar-refractivity contribution in [3.63, 3.8) is 0 Å². The van der Waals surface area contributed by atoms with Gasteiger partial charge >= 0.3 is 0 Å². The van der Waals surface area contributed by atoms with Crippen molar-refractivity contribution >= 4 is 10.0 Å². The number of rotatable bonds is 7. The summed E-state index contributed by atoms with van der Waals surface area (Å²) in [5.74, 6) is 0.671. The molecular weight excluding hydrogens is 321 g/mol. The molecule has 0 aliphatic heterocycles. The summed E-state index contributed by atoms with van der Waals surface area (Å²) < 4.78 is 50.1. The quantitative estimate of drug-likeness (QED) is 0.841. The second-order valence-corrected chi connectivity index (χ2v) is 6.59. The molecule has 0 aliphatic rings. The fourth-order valence-electron chi connectivity index (χ4n) is 2.06. The minimum Gasteiger partial charge on any atom is -0.497 e. The molecule has 0 unspecified atom stereocenters. The van der Waals surface area contributed by atoms with E-state index in [9.17, 15) is 12.8 Å². The lowest BCUT2D eigenvalue weighted by atomic mass is 10.1. The number of benzene rings is 2. The van der Waals surface area contributed by atoms with E-state index in [1.807, 2.05) is 0 Å². The van der Waals surface area contributed by atoms with Crippen LogP contribution in [0.25, 0.3) is 0 Å². The number of nitrogens with one attached hydrogen (secondary N) is 1. The van der Waals surface area contributed by atoms with E-state index in [0.29, 0.717) is 17.9 Å². The normalized spacial score (nSPS) is 11.3. The zero-order valence-electron chi connectivity index (χ0n) is 12.9. The standard InChI is InChI=1S/C16H18FNO4S/c1-21-14-8-12(9-15(11-14)22-2)6-7-18-23(19,20)16-5-3-4-13(17)10-16/h3-5,8-11,18H,6-7H2,1-2H3. The average Bonchev–Trinajstić information content (AvgIpc) is 2.54. The summed E-state index contributed by atoms with van der Waals surface area (Å²) in [7, 11) is -0.643. The Balaban J connectivity index is 2.04. The Hall–Kier alpha value is -2.12. The highest BCUT2D eigenvalue weighted by Crippen LogP contribution is 2.22. The van der Waals surface area contributed by atoms with Crippen LogP contribution in [0.1, 0.15) is 5.56 Å². The van der Waals surface area contributed by atoms with Crippen LogP contribution in [0.5, 0.6) is 11.5 Å². The van der Waals surface area contributed by atoms with Crippen molar-refractivity contribution in [3.05, 3.63) is 53.8 Å². The van der Waals surface area contributed by atoms with Crippen molar-refractivity contribution in [2.45, 2.75) is 11.3 Å². The third kappa shape index (κ3) is 4.67. The third-order valence-corrected chi connectivity index (χ3v) is 4.68. The SMILES string of the molecule is COc1cc(CCNS(=O)(=O)c2cccc(F)c2)cc(OC)c1. The Morgan fingerprint density at radius 1 is 1.04 bits per heavy atom. The molecule has 0 bridgehead atoms. The zero-order chi connectivity index (χ0) is 16.9. The van der Waals surface area contributed by atoms with Crippen LogP contribution in [0.2, 0.25) is 0 Å². The molecule has 1 N–H and O–H groups in total.